The highest BCUT2D eigenvalue weighted by molar-refractivity contribution is 6.33. The molecule has 30 heavy (non-hydrogen) atoms. The normalized spacial score (nSPS) is 15.0. The quantitative estimate of drug-likeness (QED) is 0.604. The molecule has 0 saturated carbocycles. The van der Waals surface area contributed by atoms with E-state index < -0.39 is 0 Å². The molecule has 1 aliphatic heterocycles. The maximum atomic E-state index is 12.6. The lowest BCUT2D eigenvalue weighted by Gasteiger charge is -2.34. The van der Waals surface area contributed by atoms with Gasteiger partial charge in [-0.05, 0) is 17.7 Å². The van der Waals surface area contributed by atoms with Crippen molar-refractivity contribution in [3.05, 3.63) is 77.1 Å². The highest BCUT2D eigenvalue weighted by atomic mass is 35.5. The minimum Gasteiger partial charge on any atom is -0.340 e. The first-order chi connectivity index (χ1) is 14.7. The Hall–Kier alpha value is -2.96. The van der Waals surface area contributed by atoms with E-state index in [-0.39, 0.29) is 12.3 Å². The average Bonchev–Trinajstić information content (AvgIpc) is 3.23. The number of hydrogen-bond acceptors (Lipinski definition) is 5. The first-order valence-corrected chi connectivity index (χ1v) is 10.4. The molecule has 0 radical (unpaired) electrons. The number of carbonyl (C=O) groups excluding carboxylic acids is 1. The fourth-order valence-corrected chi connectivity index (χ4v) is 3.62. The third kappa shape index (κ3) is 5.14. The van der Waals surface area contributed by atoms with Gasteiger partial charge in [-0.2, -0.15) is 4.98 Å². The summed E-state index contributed by atoms with van der Waals surface area (Å²) in [5.74, 6) is 0.725. The van der Waals surface area contributed by atoms with Gasteiger partial charge >= 0.3 is 0 Å². The molecule has 1 saturated heterocycles. The topological polar surface area (TPSA) is 62.5 Å². The molecule has 0 unspecified atom stereocenters. The van der Waals surface area contributed by atoms with Crippen LogP contribution in [0.3, 0.4) is 0 Å². The highest BCUT2D eigenvalue weighted by Crippen LogP contribution is 2.25. The number of amides is 1. The standard InChI is InChI=1S/C23H23ClN4O2/c24-20-11-5-4-10-19(20)23-25-21(26-30-23)17-22(29)28-15-13-27(14-16-28)12-6-9-18-7-2-1-3-8-18/h1-11H,12-17H2. The summed E-state index contributed by atoms with van der Waals surface area (Å²) >= 11 is 6.17. The molecule has 3 aromatic rings. The SMILES string of the molecule is O=C(Cc1noc(-c2ccccc2Cl)n1)N1CCN(CC=Cc2ccccc2)CC1. The van der Waals surface area contributed by atoms with E-state index in [0.717, 1.165) is 19.6 Å². The Kier molecular flexibility index (Phi) is 6.57. The van der Waals surface area contributed by atoms with Gasteiger partial charge in [0.25, 0.3) is 5.89 Å². The second-order valence-corrected chi connectivity index (χ2v) is 7.57. The molecule has 2 aromatic carbocycles. The molecule has 7 heteroatoms. The van der Waals surface area contributed by atoms with Gasteiger partial charge in [-0.25, -0.2) is 0 Å². The largest absolute Gasteiger partial charge is 0.340 e. The maximum Gasteiger partial charge on any atom is 0.259 e. The number of carbonyl (C=O) groups is 1. The van der Waals surface area contributed by atoms with E-state index in [4.69, 9.17) is 16.1 Å². The summed E-state index contributed by atoms with van der Waals surface area (Å²) in [6.45, 7) is 3.98. The number of rotatable bonds is 6. The maximum absolute atomic E-state index is 12.6. The summed E-state index contributed by atoms with van der Waals surface area (Å²) < 4.78 is 5.29. The van der Waals surface area contributed by atoms with Crippen LogP contribution in [0.5, 0.6) is 0 Å². The Morgan fingerprint density at radius 2 is 1.77 bits per heavy atom. The Bertz CT molecular complexity index is 1010. The first-order valence-electron chi connectivity index (χ1n) is 9.98. The number of piperazine rings is 1. The molecule has 0 aliphatic carbocycles. The second-order valence-electron chi connectivity index (χ2n) is 7.17. The van der Waals surface area contributed by atoms with Crippen molar-refractivity contribution in [2.75, 3.05) is 32.7 Å². The molecule has 0 atom stereocenters. The van der Waals surface area contributed by atoms with Crippen molar-refractivity contribution in [3.63, 3.8) is 0 Å². The van der Waals surface area contributed by atoms with Gasteiger partial charge in [-0.1, -0.05) is 71.4 Å². The van der Waals surface area contributed by atoms with Crippen molar-refractivity contribution < 1.29 is 9.32 Å². The molecule has 0 bridgehead atoms. The van der Waals surface area contributed by atoms with E-state index in [1.54, 1.807) is 6.07 Å². The summed E-state index contributed by atoms with van der Waals surface area (Å²) in [6, 6.07) is 17.5. The Morgan fingerprint density at radius 3 is 2.53 bits per heavy atom. The third-order valence-corrected chi connectivity index (χ3v) is 5.41. The van der Waals surface area contributed by atoms with E-state index in [2.05, 4.69) is 39.3 Å². The molecule has 1 aromatic heterocycles. The molecule has 1 amide bonds. The van der Waals surface area contributed by atoms with Gasteiger partial charge in [0.1, 0.15) is 0 Å². The van der Waals surface area contributed by atoms with E-state index in [0.29, 0.717) is 35.4 Å². The van der Waals surface area contributed by atoms with Crippen molar-refractivity contribution in [2.24, 2.45) is 0 Å². The van der Waals surface area contributed by atoms with E-state index >= 15 is 0 Å². The number of nitrogens with zero attached hydrogens (tertiary/aromatic N) is 4. The number of aromatic nitrogens is 2. The zero-order valence-electron chi connectivity index (χ0n) is 16.6. The van der Waals surface area contributed by atoms with Gasteiger partial charge in [0, 0.05) is 32.7 Å². The molecule has 2 heterocycles. The number of benzene rings is 2. The minimum absolute atomic E-state index is 0.0148. The van der Waals surface area contributed by atoms with Crippen LogP contribution >= 0.6 is 11.6 Å². The average molecular weight is 423 g/mol. The van der Waals surface area contributed by atoms with Crippen molar-refractivity contribution in [2.45, 2.75) is 6.42 Å². The first kappa shape index (κ1) is 20.3. The van der Waals surface area contributed by atoms with Gasteiger partial charge < -0.3 is 9.42 Å². The van der Waals surface area contributed by atoms with E-state index in [1.165, 1.54) is 5.56 Å². The van der Waals surface area contributed by atoms with Gasteiger partial charge in [-0.15, -0.1) is 0 Å². The van der Waals surface area contributed by atoms with Crippen molar-refractivity contribution in [3.8, 4) is 11.5 Å². The minimum atomic E-state index is 0.0148. The third-order valence-electron chi connectivity index (χ3n) is 5.08. The van der Waals surface area contributed by atoms with Crippen LogP contribution in [0.1, 0.15) is 11.4 Å². The van der Waals surface area contributed by atoms with Crippen LogP contribution in [0.2, 0.25) is 5.02 Å². The van der Waals surface area contributed by atoms with Gasteiger partial charge in [0.15, 0.2) is 5.82 Å². The molecule has 154 valence electrons. The summed E-state index contributed by atoms with van der Waals surface area (Å²) in [4.78, 5) is 21.2. The fraction of sp³-hybridized carbons (Fsp3) is 0.261. The number of hydrogen-bond donors (Lipinski definition) is 0. The van der Waals surface area contributed by atoms with Crippen molar-refractivity contribution in [1.82, 2.24) is 19.9 Å². The van der Waals surface area contributed by atoms with Crippen molar-refractivity contribution >= 4 is 23.6 Å². The lowest BCUT2D eigenvalue weighted by atomic mass is 10.2. The second kappa shape index (κ2) is 9.69. The fourth-order valence-electron chi connectivity index (χ4n) is 3.40. The molecular weight excluding hydrogens is 400 g/mol. The predicted octanol–water partition coefficient (Wildman–Crippen LogP) is 3.79. The van der Waals surface area contributed by atoms with E-state index in [9.17, 15) is 4.79 Å². The molecule has 1 fully saturated rings. The monoisotopic (exact) mass is 422 g/mol. The van der Waals surface area contributed by atoms with Crippen molar-refractivity contribution in [1.29, 1.82) is 0 Å². The molecule has 1 aliphatic rings. The summed E-state index contributed by atoms with van der Waals surface area (Å²) in [7, 11) is 0. The van der Waals surface area contributed by atoms with Crippen LogP contribution in [0.4, 0.5) is 0 Å². The molecule has 4 rings (SSSR count). The van der Waals surface area contributed by atoms with Crippen LogP contribution in [0, 0.1) is 0 Å². The van der Waals surface area contributed by atoms with Crippen LogP contribution in [-0.2, 0) is 11.2 Å². The van der Waals surface area contributed by atoms with Gasteiger partial charge in [0.2, 0.25) is 5.91 Å². The van der Waals surface area contributed by atoms with Gasteiger partial charge in [0.05, 0.1) is 17.0 Å². The summed E-state index contributed by atoms with van der Waals surface area (Å²) in [5.41, 5.74) is 1.87. The smallest absolute Gasteiger partial charge is 0.259 e. The number of halogens is 1. The molecule has 0 spiro atoms. The highest BCUT2D eigenvalue weighted by Gasteiger charge is 2.22. The van der Waals surface area contributed by atoms with Crippen LogP contribution in [-0.4, -0.2) is 58.6 Å². The zero-order valence-corrected chi connectivity index (χ0v) is 17.3. The predicted molar refractivity (Wildman–Crippen MR) is 117 cm³/mol. The van der Waals surface area contributed by atoms with Crippen LogP contribution in [0.15, 0.2) is 65.2 Å². The molecule has 0 N–H and O–H groups in total. The summed E-state index contributed by atoms with van der Waals surface area (Å²) in [6.07, 6.45) is 4.43. The lowest BCUT2D eigenvalue weighted by Crippen LogP contribution is -2.49. The van der Waals surface area contributed by atoms with Gasteiger partial charge in [-0.3, -0.25) is 9.69 Å². The van der Waals surface area contributed by atoms with Crippen LogP contribution in [0.25, 0.3) is 17.5 Å². The lowest BCUT2D eigenvalue weighted by molar-refractivity contribution is -0.132. The zero-order chi connectivity index (χ0) is 20.8. The summed E-state index contributed by atoms with van der Waals surface area (Å²) in [5, 5.41) is 4.48. The van der Waals surface area contributed by atoms with Crippen LogP contribution < -0.4 is 0 Å². The molecular formula is C23H23ClN4O2. The Morgan fingerprint density at radius 1 is 1.03 bits per heavy atom. The Labute approximate surface area is 180 Å². The Balaban J connectivity index is 1.26. The van der Waals surface area contributed by atoms with E-state index in [1.807, 2.05) is 41.3 Å². The molecule has 6 nitrogen and oxygen atoms in total.